The molecule has 0 aromatic heterocycles. The third kappa shape index (κ3) is 4.61. The number of rotatable bonds is 5. The average molecular weight is 383 g/mol. The van der Waals surface area contributed by atoms with Gasteiger partial charge < -0.3 is 9.80 Å². The Bertz CT molecular complexity index is 727. The van der Waals surface area contributed by atoms with Crippen LogP contribution in [0.1, 0.15) is 25.7 Å². The molecule has 2 aliphatic heterocycles. The Morgan fingerprint density at radius 1 is 1.00 bits per heavy atom. The summed E-state index contributed by atoms with van der Waals surface area (Å²) < 4.78 is 39.9. The van der Waals surface area contributed by atoms with Crippen LogP contribution in [0.2, 0.25) is 0 Å². The fourth-order valence-corrected chi connectivity index (χ4v) is 4.98. The van der Waals surface area contributed by atoms with E-state index < -0.39 is 15.8 Å². The molecule has 2 saturated heterocycles. The maximum absolute atomic E-state index is 13.3. The summed E-state index contributed by atoms with van der Waals surface area (Å²) in [6.07, 6.45) is 3.85. The molecule has 3 rings (SSSR count). The number of likely N-dealkylation sites (tertiary alicyclic amines) is 1. The lowest BCUT2D eigenvalue weighted by atomic mass is 10.1. The van der Waals surface area contributed by atoms with Crippen molar-refractivity contribution in [3.63, 3.8) is 0 Å². The Kier molecular flexibility index (Phi) is 6.26. The first-order chi connectivity index (χ1) is 12.5. The molecule has 0 radical (unpaired) electrons. The summed E-state index contributed by atoms with van der Waals surface area (Å²) in [6, 6.07) is 5.11. The van der Waals surface area contributed by atoms with E-state index in [0.29, 0.717) is 39.1 Å². The lowest BCUT2D eigenvalue weighted by molar-refractivity contribution is -0.132. The van der Waals surface area contributed by atoms with Gasteiger partial charge in [0.05, 0.1) is 4.90 Å². The average Bonchev–Trinajstić information content (AvgIpc) is 2.67. The number of carbonyl (C=O) groups is 1. The predicted molar refractivity (Wildman–Crippen MR) is 96.6 cm³/mol. The van der Waals surface area contributed by atoms with Gasteiger partial charge in [-0.3, -0.25) is 4.79 Å². The SMILES string of the molecule is O=C(CCN1CCN(S(=O)(=O)c2cccc(F)c2)CC1)N1CCCCC1. The predicted octanol–water partition coefficient (Wildman–Crippen LogP) is 1.53. The first-order valence-corrected chi connectivity index (χ1v) is 10.7. The van der Waals surface area contributed by atoms with Crippen molar-refractivity contribution in [1.29, 1.82) is 0 Å². The highest BCUT2D eigenvalue weighted by molar-refractivity contribution is 7.89. The third-order valence-electron chi connectivity index (χ3n) is 5.12. The molecule has 0 aliphatic carbocycles. The summed E-state index contributed by atoms with van der Waals surface area (Å²) in [5.41, 5.74) is 0. The molecule has 0 saturated carbocycles. The van der Waals surface area contributed by atoms with Crippen LogP contribution >= 0.6 is 0 Å². The summed E-state index contributed by atoms with van der Waals surface area (Å²) >= 11 is 0. The van der Waals surface area contributed by atoms with Gasteiger partial charge in [0.2, 0.25) is 15.9 Å². The third-order valence-corrected chi connectivity index (χ3v) is 7.01. The molecule has 0 unspecified atom stereocenters. The van der Waals surface area contributed by atoms with E-state index >= 15 is 0 Å². The Hall–Kier alpha value is -1.51. The van der Waals surface area contributed by atoms with Crippen LogP contribution in [0.25, 0.3) is 0 Å². The lowest BCUT2D eigenvalue weighted by Crippen LogP contribution is -2.49. The van der Waals surface area contributed by atoms with Crippen molar-refractivity contribution in [2.75, 3.05) is 45.8 Å². The topological polar surface area (TPSA) is 60.9 Å². The molecule has 144 valence electrons. The number of piperidine rings is 1. The van der Waals surface area contributed by atoms with Crippen LogP contribution in [0.5, 0.6) is 0 Å². The largest absolute Gasteiger partial charge is 0.343 e. The zero-order valence-corrected chi connectivity index (χ0v) is 15.8. The normalized spacial score (nSPS) is 20.3. The van der Waals surface area contributed by atoms with E-state index in [-0.39, 0.29) is 10.8 Å². The van der Waals surface area contributed by atoms with E-state index in [1.807, 2.05) is 4.90 Å². The Labute approximate surface area is 154 Å². The van der Waals surface area contributed by atoms with Gasteiger partial charge in [-0.1, -0.05) is 6.07 Å². The molecule has 0 N–H and O–H groups in total. The smallest absolute Gasteiger partial charge is 0.243 e. The number of hydrogen-bond donors (Lipinski definition) is 0. The first kappa shape index (κ1) is 19.3. The molecule has 2 heterocycles. The van der Waals surface area contributed by atoms with Gasteiger partial charge in [0.1, 0.15) is 5.82 Å². The van der Waals surface area contributed by atoms with E-state index in [9.17, 15) is 17.6 Å². The number of sulfonamides is 1. The van der Waals surface area contributed by atoms with E-state index in [1.165, 1.54) is 28.9 Å². The zero-order valence-electron chi connectivity index (χ0n) is 14.9. The summed E-state index contributed by atoms with van der Waals surface area (Å²) in [6.45, 7) is 4.26. The highest BCUT2D eigenvalue weighted by Gasteiger charge is 2.29. The van der Waals surface area contributed by atoms with E-state index in [4.69, 9.17) is 0 Å². The van der Waals surface area contributed by atoms with Gasteiger partial charge in [-0.15, -0.1) is 0 Å². The maximum atomic E-state index is 13.3. The minimum atomic E-state index is -3.66. The fourth-order valence-electron chi connectivity index (χ4n) is 3.53. The van der Waals surface area contributed by atoms with Crippen molar-refractivity contribution < 1.29 is 17.6 Å². The highest BCUT2D eigenvalue weighted by Crippen LogP contribution is 2.18. The molecule has 1 amide bonds. The molecule has 2 aliphatic rings. The van der Waals surface area contributed by atoms with Crippen molar-refractivity contribution in [2.24, 2.45) is 0 Å². The minimum absolute atomic E-state index is 0.00812. The van der Waals surface area contributed by atoms with Crippen LogP contribution in [-0.4, -0.2) is 74.2 Å². The number of benzene rings is 1. The summed E-state index contributed by atoms with van der Waals surface area (Å²) in [5, 5.41) is 0. The fraction of sp³-hybridized carbons (Fsp3) is 0.611. The number of nitrogens with zero attached hydrogens (tertiary/aromatic N) is 3. The second kappa shape index (κ2) is 8.45. The van der Waals surface area contributed by atoms with Gasteiger partial charge in [-0.25, -0.2) is 12.8 Å². The Morgan fingerprint density at radius 3 is 2.35 bits per heavy atom. The van der Waals surface area contributed by atoms with Crippen molar-refractivity contribution in [3.05, 3.63) is 30.1 Å². The van der Waals surface area contributed by atoms with Crippen molar-refractivity contribution in [3.8, 4) is 0 Å². The van der Waals surface area contributed by atoms with Gasteiger partial charge in [0, 0.05) is 52.2 Å². The zero-order chi connectivity index (χ0) is 18.6. The minimum Gasteiger partial charge on any atom is -0.343 e. The number of carbonyl (C=O) groups excluding carboxylic acids is 1. The van der Waals surface area contributed by atoms with Gasteiger partial charge in [-0.05, 0) is 37.5 Å². The van der Waals surface area contributed by atoms with E-state index in [1.54, 1.807) is 0 Å². The van der Waals surface area contributed by atoms with Crippen LogP contribution in [0.3, 0.4) is 0 Å². The maximum Gasteiger partial charge on any atom is 0.243 e. The molecule has 0 bridgehead atoms. The van der Waals surface area contributed by atoms with Crippen molar-refractivity contribution >= 4 is 15.9 Å². The van der Waals surface area contributed by atoms with Crippen molar-refractivity contribution in [1.82, 2.24) is 14.1 Å². The van der Waals surface area contributed by atoms with Gasteiger partial charge >= 0.3 is 0 Å². The Morgan fingerprint density at radius 2 is 1.69 bits per heavy atom. The molecule has 0 spiro atoms. The monoisotopic (exact) mass is 383 g/mol. The van der Waals surface area contributed by atoms with Crippen LogP contribution in [0, 0.1) is 5.82 Å². The quantitative estimate of drug-likeness (QED) is 0.774. The highest BCUT2D eigenvalue weighted by atomic mass is 32.2. The van der Waals surface area contributed by atoms with Crippen LogP contribution in [0.15, 0.2) is 29.2 Å². The van der Waals surface area contributed by atoms with Gasteiger partial charge in [-0.2, -0.15) is 4.31 Å². The Balaban J connectivity index is 1.48. The molecule has 8 heteroatoms. The van der Waals surface area contributed by atoms with E-state index in [2.05, 4.69) is 4.90 Å². The summed E-state index contributed by atoms with van der Waals surface area (Å²) in [4.78, 5) is 16.3. The van der Waals surface area contributed by atoms with Crippen molar-refractivity contribution in [2.45, 2.75) is 30.6 Å². The van der Waals surface area contributed by atoms with Crippen LogP contribution < -0.4 is 0 Å². The molecular formula is C18H26FN3O3S. The van der Waals surface area contributed by atoms with Gasteiger partial charge in [0.25, 0.3) is 0 Å². The molecule has 1 aromatic rings. The molecule has 6 nitrogen and oxygen atoms in total. The molecule has 0 atom stereocenters. The summed E-state index contributed by atoms with van der Waals surface area (Å²) in [7, 11) is -3.66. The summed E-state index contributed by atoms with van der Waals surface area (Å²) in [5.74, 6) is -0.361. The number of piperazine rings is 1. The molecule has 1 aromatic carbocycles. The second-order valence-corrected chi connectivity index (χ2v) is 8.83. The number of hydrogen-bond acceptors (Lipinski definition) is 4. The van der Waals surface area contributed by atoms with Crippen LogP contribution in [-0.2, 0) is 14.8 Å². The van der Waals surface area contributed by atoms with Gasteiger partial charge in [0.15, 0.2) is 0 Å². The first-order valence-electron chi connectivity index (χ1n) is 9.23. The second-order valence-electron chi connectivity index (χ2n) is 6.89. The molecule has 26 heavy (non-hydrogen) atoms. The standard InChI is InChI=1S/C18H26FN3O3S/c19-16-5-4-6-17(15-16)26(24,25)22-13-11-20(12-14-22)10-7-18(23)21-8-2-1-3-9-21/h4-6,15H,1-3,7-14H2. The number of halogens is 1. The van der Waals surface area contributed by atoms with E-state index in [0.717, 1.165) is 32.0 Å². The molecule has 2 fully saturated rings. The van der Waals surface area contributed by atoms with Crippen LogP contribution in [0.4, 0.5) is 4.39 Å². The lowest BCUT2D eigenvalue weighted by Gasteiger charge is -2.34. The molecular weight excluding hydrogens is 357 g/mol. The number of amides is 1.